The third-order valence-electron chi connectivity index (χ3n) is 3.15. The molecule has 0 aliphatic carbocycles. The fourth-order valence-corrected chi connectivity index (χ4v) is 3.47. The molecule has 5 nitrogen and oxygen atoms in total. The smallest absolute Gasteiger partial charge is 0.327 e. The number of carboxylic acid groups (broad SMARTS) is 1. The van der Waals surface area contributed by atoms with Gasteiger partial charge in [0.25, 0.3) is 0 Å². The lowest BCUT2D eigenvalue weighted by molar-refractivity contribution is -0.141. The topological polar surface area (TPSA) is 69.6 Å². The molecule has 0 radical (unpaired) electrons. The predicted octanol–water partition coefficient (Wildman–Crippen LogP) is 2.73. The Hall–Kier alpha value is -1.83. The summed E-state index contributed by atoms with van der Waals surface area (Å²) >= 11 is 1.35. The predicted molar refractivity (Wildman–Crippen MR) is 75.2 cm³/mol. The van der Waals surface area contributed by atoms with Crippen molar-refractivity contribution in [1.29, 1.82) is 0 Å². The monoisotopic (exact) mass is 316 g/mol. The molecule has 1 aromatic carbocycles. The van der Waals surface area contributed by atoms with Crippen LogP contribution in [0.2, 0.25) is 0 Å². The number of nitrogens with zero attached hydrogens (tertiary/aromatic N) is 1. The number of anilines is 1. The van der Waals surface area contributed by atoms with Crippen LogP contribution < -0.4 is 5.32 Å². The van der Waals surface area contributed by atoms with E-state index < -0.39 is 29.7 Å². The Bertz CT molecular complexity index is 570. The molecular weight excluding hydrogens is 302 g/mol. The third kappa shape index (κ3) is 3.10. The number of hydrogen-bond donors (Lipinski definition) is 2. The van der Waals surface area contributed by atoms with Crippen molar-refractivity contribution in [3.8, 4) is 0 Å². The molecule has 21 heavy (non-hydrogen) atoms. The molecule has 0 saturated carbocycles. The zero-order chi connectivity index (χ0) is 15.6. The second-order valence-corrected chi connectivity index (χ2v) is 5.70. The summed E-state index contributed by atoms with van der Waals surface area (Å²) in [7, 11) is 0. The minimum Gasteiger partial charge on any atom is -0.480 e. The van der Waals surface area contributed by atoms with Crippen LogP contribution in [0.15, 0.2) is 18.2 Å². The van der Waals surface area contributed by atoms with Gasteiger partial charge in [0.2, 0.25) is 0 Å². The van der Waals surface area contributed by atoms with Crippen LogP contribution in [0, 0.1) is 11.6 Å². The van der Waals surface area contributed by atoms with E-state index in [1.807, 2.05) is 6.92 Å². The average Bonchev–Trinajstić information content (AvgIpc) is 2.88. The zero-order valence-electron chi connectivity index (χ0n) is 11.2. The van der Waals surface area contributed by atoms with Crippen LogP contribution in [-0.4, -0.2) is 39.2 Å². The highest BCUT2D eigenvalue weighted by Crippen LogP contribution is 2.32. The lowest BCUT2D eigenvalue weighted by Gasteiger charge is -2.26. The molecule has 114 valence electrons. The SMILES string of the molecule is CCC1SCC(C(=O)O)N1C(=O)Nc1cccc(F)c1F. The number of urea groups is 1. The second-order valence-electron chi connectivity index (χ2n) is 4.49. The number of aliphatic carboxylic acids is 1. The largest absolute Gasteiger partial charge is 0.480 e. The highest BCUT2D eigenvalue weighted by atomic mass is 32.2. The number of halogens is 2. The van der Waals surface area contributed by atoms with E-state index in [1.54, 1.807) is 0 Å². The Morgan fingerprint density at radius 2 is 2.19 bits per heavy atom. The fourth-order valence-electron chi connectivity index (χ4n) is 2.12. The van der Waals surface area contributed by atoms with E-state index in [1.165, 1.54) is 23.9 Å². The first-order valence-corrected chi connectivity index (χ1v) is 7.38. The Balaban J connectivity index is 2.21. The maximum Gasteiger partial charge on any atom is 0.327 e. The van der Waals surface area contributed by atoms with Crippen LogP contribution in [0.25, 0.3) is 0 Å². The van der Waals surface area contributed by atoms with Gasteiger partial charge in [-0.05, 0) is 18.6 Å². The summed E-state index contributed by atoms with van der Waals surface area (Å²) in [5.41, 5.74) is -0.309. The summed E-state index contributed by atoms with van der Waals surface area (Å²) in [5, 5.41) is 11.1. The maximum absolute atomic E-state index is 13.6. The third-order valence-corrected chi connectivity index (χ3v) is 4.61. The van der Waals surface area contributed by atoms with Crippen molar-refractivity contribution in [2.45, 2.75) is 24.8 Å². The standard InChI is InChI=1S/C13H14F2N2O3S/c1-2-10-17(9(6-21-10)12(18)19)13(20)16-8-5-3-4-7(14)11(8)15/h3-5,9-10H,2,6H2,1H3,(H,16,20)(H,18,19). The van der Waals surface area contributed by atoms with Crippen molar-refractivity contribution in [3.63, 3.8) is 0 Å². The molecule has 2 unspecified atom stereocenters. The Kier molecular flexibility index (Phi) is 4.66. The molecular formula is C13H14F2N2O3S. The van der Waals surface area contributed by atoms with Gasteiger partial charge in [0.1, 0.15) is 6.04 Å². The number of carbonyl (C=O) groups excluding carboxylic acids is 1. The number of carbonyl (C=O) groups is 2. The van der Waals surface area contributed by atoms with Gasteiger partial charge in [0.15, 0.2) is 11.6 Å². The Morgan fingerprint density at radius 1 is 1.48 bits per heavy atom. The summed E-state index contributed by atoms with van der Waals surface area (Å²) in [6.07, 6.45) is 0.563. The molecule has 2 rings (SSSR count). The highest BCUT2D eigenvalue weighted by molar-refractivity contribution is 8.00. The van der Waals surface area contributed by atoms with Gasteiger partial charge in [0, 0.05) is 5.75 Å². The van der Waals surface area contributed by atoms with Crippen molar-refractivity contribution >= 4 is 29.4 Å². The molecule has 2 amide bonds. The van der Waals surface area contributed by atoms with Crippen LogP contribution in [0.4, 0.5) is 19.3 Å². The number of amides is 2. The molecule has 2 N–H and O–H groups in total. The first kappa shape index (κ1) is 15.6. The molecule has 0 spiro atoms. The fraction of sp³-hybridized carbons (Fsp3) is 0.385. The molecule has 8 heteroatoms. The quantitative estimate of drug-likeness (QED) is 0.899. The van der Waals surface area contributed by atoms with Crippen LogP contribution in [0.5, 0.6) is 0 Å². The first-order valence-electron chi connectivity index (χ1n) is 6.33. The van der Waals surface area contributed by atoms with E-state index in [9.17, 15) is 18.4 Å². The van der Waals surface area contributed by atoms with Crippen molar-refractivity contribution < 1.29 is 23.5 Å². The second kappa shape index (κ2) is 6.30. The normalized spacial score (nSPS) is 21.4. The number of nitrogens with one attached hydrogen (secondary N) is 1. The summed E-state index contributed by atoms with van der Waals surface area (Å²) in [4.78, 5) is 24.6. The van der Waals surface area contributed by atoms with Crippen LogP contribution in [0.1, 0.15) is 13.3 Å². The summed E-state index contributed by atoms with van der Waals surface area (Å²) in [6.45, 7) is 1.82. The van der Waals surface area contributed by atoms with E-state index >= 15 is 0 Å². The lowest BCUT2D eigenvalue weighted by atomic mass is 10.2. The molecule has 0 aromatic heterocycles. The van der Waals surface area contributed by atoms with Gasteiger partial charge >= 0.3 is 12.0 Å². The summed E-state index contributed by atoms with van der Waals surface area (Å²) < 4.78 is 26.7. The lowest BCUT2D eigenvalue weighted by Crippen LogP contribution is -2.47. The zero-order valence-corrected chi connectivity index (χ0v) is 12.0. The average molecular weight is 316 g/mol. The van der Waals surface area contributed by atoms with Gasteiger partial charge in [-0.15, -0.1) is 11.8 Å². The van der Waals surface area contributed by atoms with Crippen molar-refractivity contribution in [2.75, 3.05) is 11.1 Å². The molecule has 1 heterocycles. The molecule has 1 aliphatic heterocycles. The van der Waals surface area contributed by atoms with Gasteiger partial charge in [-0.3, -0.25) is 4.90 Å². The molecule has 2 atom stereocenters. The van der Waals surface area contributed by atoms with E-state index in [0.717, 1.165) is 11.0 Å². The van der Waals surface area contributed by atoms with Crippen LogP contribution in [0.3, 0.4) is 0 Å². The number of carboxylic acids is 1. The highest BCUT2D eigenvalue weighted by Gasteiger charge is 2.41. The van der Waals surface area contributed by atoms with E-state index in [0.29, 0.717) is 6.42 Å². The van der Waals surface area contributed by atoms with Crippen LogP contribution in [-0.2, 0) is 4.79 Å². The van der Waals surface area contributed by atoms with E-state index in [-0.39, 0.29) is 16.8 Å². The summed E-state index contributed by atoms with van der Waals surface area (Å²) in [6, 6.07) is 1.70. The molecule has 1 saturated heterocycles. The minimum atomic E-state index is -1.17. The molecule has 1 aromatic rings. The van der Waals surface area contributed by atoms with Gasteiger partial charge in [0.05, 0.1) is 11.1 Å². The molecule has 1 fully saturated rings. The molecule has 0 bridgehead atoms. The van der Waals surface area contributed by atoms with Gasteiger partial charge < -0.3 is 10.4 Å². The van der Waals surface area contributed by atoms with Gasteiger partial charge in [-0.1, -0.05) is 13.0 Å². The van der Waals surface area contributed by atoms with Gasteiger partial charge in [-0.2, -0.15) is 0 Å². The first-order chi connectivity index (χ1) is 9.95. The maximum atomic E-state index is 13.6. The minimum absolute atomic E-state index is 0.271. The van der Waals surface area contributed by atoms with E-state index in [2.05, 4.69) is 5.32 Å². The Morgan fingerprint density at radius 3 is 2.81 bits per heavy atom. The van der Waals surface area contributed by atoms with E-state index in [4.69, 9.17) is 5.11 Å². The Labute approximate surface area is 124 Å². The number of thioether (sulfide) groups is 1. The van der Waals surface area contributed by atoms with Crippen molar-refractivity contribution in [2.24, 2.45) is 0 Å². The van der Waals surface area contributed by atoms with Crippen molar-refractivity contribution in [1.82, 2.24) is 4.90 Å². The molecule has 1 aliphatic rings. The van der Waals surface area contributed by atoms with Crippen LogP contribution >= 0.6 is 11.8 Å². The summed E-state index contributed by atoms with van der Waals surface area (Å²) in [5.74, 6) is -3.09. The van der Waals surface area contributed by atoms with Crippen molar-refractivity contribution in [3.05, 3.63) is 29.8 Å². The number of rotatable bonds is 3. The number of hydrogen-bond acceptors (Lipinski definition) is 3. The number of benzene rings is 1. The van der Waals surface area contributed by atoms with Gasteiger partial charge in [-0.25, -0.2) is 18.4 Å².